The maximum absolute atomic E-state index is 11.9. The van der Waals surface area contributed by atoms with Crippen LogP contribution in [0.3, 0.4) is 0 Å². The van der Waals surface area contributed by atoms with Crippen molar-refractivity contribution in [1.29, 1.82) is 0 Å². The van der Waals surface area contributed by atoms with E-state index in [2.05, 4.69) is 12.2 Å². The third kappa shape index (κ3) is 5.12. The second kappa shape index (κ2) is 7.56. The van der Waals surface area contributed by atoms with E-state index < -0.39 is 0 Å². The van der Waals surface area contributed by atoms with Crippen LogP contribution < -0.4 is 5.32 Å². The average Bonchev–Trinajstić information content (AvgIpc) is 2.41. The first-order valence-corrected chi connectivity index (χ1v) is 6.63. The molecule has 0 aromatic heterocycles. The number of amides is 2. The summed E-state index contributed by atoms with van der Waals surface area (Å²) in [5, 5.41) is 2.65. The molecule has 4 nitrogen and oxygen atoms in total. The van der Waals surface area contributed by atoms with Crippen LogP contribution in [0.5, 0.6) is 0 Å². The van der Waals surface area contributed by atoms with Gasteiger partial charge in [0.1, 0.15) is 0 Å². The fourth-order valence-corrected chi connectivity index (χ4v) is 1.70. The number of likely N-dealkylation sites (N-methyl/N-ethyl adjacent to an activating group) is 1. The Morgan fingerprint density at radius 1 is 1.32 bits per heavy atom. The summed E-state index contributed by atoms with van der Waals surface area (Å²) in [6.07, 6.45) is 2.03. The summed E-state index contributed by atoms with van der Waals surface area (Å²) in [5.74, 6) is -0.268. The highest BCUT2D eigenvalue weighted by atomic mass is 16.2. The fraction of sp³-hybridized carbons (Fsp3) is 0.467. The van der Waals surface area contributed by atoms with Gasteiger partial charge in [0.25, 0.3) is 5.91 Å². The minimum atomic E-state index is -0.207. The van der Waals surface area contributed by atoms with Crippen LogP contribution in [0.2, 0.25) is 0 Å². The summed E-state index contributed by atoms with van der Waals surface area (Å²) in [5.41, 5.74) is 1.61. The number of rotatable bonds is 6. The molecular formula is C15H22N2O2. The lowest BCUT2D eigenvalue weighted by Crippen LogP contribution is -2.38. The molecule has 0 spiro atoms. The maximum atomic E-state index is 11.9. The predicted molar refractivity (Wildman–Crippen MR) is 76.1 cm³/mol. The topological polar surface area (TPSA) is 49.4 Å². The maximum Gasteiger partial charge on any atom is 0.251 e. The molecule has 1 aromatic rings. The van der Waals surface area contributed by atoms with Crippen molar-refractivity contribution < 1.29 is 9.59 Å². The zero-order valence-electron chi connectivity index (χ0n) is 11.9. The zero-order valence-corrected chi connectivity index (χ0v) is 11.9. The van der Waals surface area contributed by atoms with Crippen LogP contribution in [0.25, 0.3) is 0 Å². The average molecular weight is 262 g/mol. The Bertz CT molecular complexity index is 444. The Morgan fingerprint density at radius 2 is 2.05 bits per heavy atom. The van der Waals surface area contributed by atoms with Gasteiger partial charge in [0, 0.05) is 19.2 Å². The summed E-state index contributed by atoms with van der Waals surface area (Å²) >= 11 is 0. The minimum absolute atomic E-state index is 0.0486. The first kappa shape index (κ1) is 15.2. The van der Waals surface area contributed by atoms with E-state index in [1.165, 1.54) is 0 Å². The second-order valence-corrected chi connectivity index (χ2v) is 4.72. The number of nitrogens with zero attached hydrogens (tertiary/aromatic N) is 1. The highest BCUT2D eigenvalue weighted by Gasteiger charge is 2.11. The van der Waals surface area contributed by atoms with Crippen molar-refractivity contribution in [1.82, 2.24) is 10.2 Å². The molecule has 0 radical (unpaired) electrons. The van der Waals surface area contributed by atoms with Crippen LogP contribution in [0, 0.1) is 6.92 Å². The normalized spacial score (nSPS) is 10.1. The second-order valence-electron chi connectivity index (χ2n) is 4.72. The minimum Gasteiger partial charge on any atom is -0.344 e. The molecule has 0 unspecified atom stereocenters. The lowest BCUT2D eigenvalue weighted by molar-refractivity contribution is -0.128. The Morgan fingerprint density at radius 3 is 2.68 bits per heavy atom. The number of hydrogen-bond donors (Lipinski definition) is 1. The Labute approximate surface area is 114 Å². The van der Waals surface area contributed by atoms with Gasteiger partial charge in [-0.05, 0) is 25.5 Å². The molecule has 0 aliphatic rings. The smallest absolute Gasteiger partial charge is 0.251 e. The molecule has 0 aliphatic heterocycles. The summed E-state index contributed by atoms with van der Waals surface area (Å²) in [6, 6.07) is 7.31. The molecule has 19 heavy (non-hydrogen) atoms. The molecule has 0 saturated heterocycles. The van der Waals surface area contributed by atoms with Crippen molar-refractivity contribution in [3.05, 3.63) is 35.4 Å². The first-order valence-electron chi connectivity index (χ1n) is 6.63. The van der Waals surface area contributed by atoms with Crippen LogP contribution in [-0.4, -0.2) is 36.9 Å². The summed E-state index contributed by atoms with van der Waals surface area (Å²) in [6.45, 7) is 4.79. The molecule has 4 heteroatoms. The molecule has 0 aliphatic carbocycles. The van der Waals surface area contributed by atoms with E-state index in [-0.39, 0.29) is 18.4 Å². The van der Waals surface area contributed by atoms with Crippen LogP contribution in [0.1, 0.15) is 35.7 Å². The lowest BCUT2D eigenvalue weighted by Gasteiger charge is -2.17. The lowest BCUT2D eigenvalue weighted by atomic mass is 10.1. The number of nitrogens with one attached hydrogen (secondary N) is 1. The molecule has 0 atom stereocenters. The van der Waals surface area contributed by atoms with Gasteiger partial charge in [-0.1, -0.05) is 31.0 Å². The van der Waals surface area contributed by atoms with E-state index in [1.54, 1.807) is 24.1 Å². The Kier molecular flexibility index (Phi) is 6.06. The Hall–Kier alpha value is -1.84. The fourth-order valence-electron chi connectivity index (χ4n) is 1.70. The predicted octanol–water partition coefficient (Wildman–Crippen LogP) is 1.98. The highest BCUT2D eigenvalue weighted by Crippen LogP contribution is 2.03. The zero-order chi connectivity index (χ0) is 14.3. The standard InChI is InChI=1S/C15H22N2O2/c1-4-5-9-17(3)14(18)11-16-15(19)13-8-6-7-12(2)10-13/h6-8,10H,4-5,9,11H2,1-3H3,(H,16,19). The van der Waals surface area contributed by atoms with Gasteiger partial charge in [-0.3, -0.25) is 9.59 Å². The van der Waals surface area contributed by atoms with Crippen molar-refractivity contribution in [3.63, 3.8) is 0 Å². The molecule has 1 aromatic carbocycles. The van der Waals surface area contributed by atoms with Gasteiger partial charge >= 0.3 is 0 Å². The largest absolute Gasteiger partial charge is 0.344 e. The number of hydrogen-bond acceptors (Lipinski definition) is 2. The summed E-state index contributed by atoms with van der Waals surface area (Å²) in [7, 11) is 1.76. The number of carbonyl (C=O) groups excluding carboxylic acids is 2. The highest BCUT2D eigenvalue weighted by molar-refractivity contribution is 5.96. The van der Waals surface area contributed by atoms with Crippen molar-refractivity contribution in [2.75, 3.05) is 20.1 Å². The third-order valence-corrected chi connectivity index (χ3v) is 2.95. The molecule has 0 heterocycles. The van der Waals surface area contributed by atoms with Gasteiger partial charge in [-0.15, -0.1) is 0 Å². The van der Waals surface area contributed by atoms with Gasteiger partial charge in [0.2, 0.25) is 5.91 Å². The van der Waals surface area contributed by atoms with Gasteiger partial charge in [0.15, 0.2) is 0 Å². The van der Waals surface area contributed by atoms with E-state index in [1.807, 2.05) is 19.1 Å². The van der Waals surface area contributed by atoms with Gasteiger partial charge in [0.05, 0.1) is 6.54 Å². The summed E-state index contributed by atoms with van der Waals surface area (Å²) < 4.78 is 0. The van der Waals surface area contributed by atoms with E-state index in [9.17, 15) is 9.59 Å². The van der Waals surface area contributed by atoms with Crippen molar-refractivity contribution in [3.8, 4) is 0 Å². The van der Waals surface area contributed by atoms with Crippen molar-refractivity contribution >= 4 is 11.8 Å². The molecule has 0 fully saturated rings. The van der Waals surface area contributed by atoms with Crippen molar-refractivity contribution in [2.24, 2.45) is 0 Å². The molecular weight excluding hydrogens is 240 g/mol. The third-order valence-electron chi connectivity index (χ3n) is 2.95. The number of carbonyl (C=O) groups is 2. The van der Waals surface area contributed by atoms with Gasteiger partial charge in [-0.25, -0.2) is 0 Å². The molecule has 1 N–H and O–H groups in total. The molecule has 1 rings (SSSR count). The van der Waals surface area contributed by atoms with Gasteiger partial charge < -0.3 is 10.2 Å². The quantitative estimate of drug-likeness (QED) is 0.852. The van der Waals surface area contributed by atoms with E-state index in [0.29, 0.717) is 5.56 Å². The number of unbranched alkanes of at least 4 members (excludes halogenated alkanes) is 1. The molecule has 0 saturated carbocycles. The van der Waals surface area contributed by atoms with Gasteiger partial charge in [-0.2, -0.15) is 0 Å². The number of aryl methyl sites for hydroxylation is 1. The van der Waals surface area contributed by atoms with Crippen LogP contribution in [0.15, 0.2) is 24.3 Å². The van der Waals surface area contributed by atoms with Crippen molar-refractivity contribution in [2.45, 2.75) is 26.7 Å². The SMILES string of the molecule is CCCCN(C)C(=O)CNC(=O)c1cccc(C)c1. The van der Waals surface area contributed by atoms with Crippen LogP contribution in [0.4, 0.5) is 0 Å². The molecule has 0 bridgehead atoms. The Balaban J connectivity index is 2.44. The number of benzene rings is 1. The first-order chi connectivity index (χ1) is 9.04. The van der Waals surface area contributed by atoms with Crippen LogP contribution in [-0.2, 0) is 4.79 Å². The van der Waals surface area contributed by atoms with E-state index in [4.69, 9.17) is 0 Å². The molecule has 2 amide bonds. The monoisotopic (exact) mass is 262 g/mol. The molecule has 104 valence electrons. The van der Waals surface area contributed by atoms with E-state index in [0.717, 1.165) is 24.9 Å². The summed E-state index contributed by atoms with van der Waals surface area (Å²) in [4.78, 5) is 25.3. The van der Waals surface area contributed by atoms with E-state index >= 15 is 0 Å². The van der Waals surface area contributed by atoms with Crippen LogP contribution >= 0.6 is 0 Å².